The molecule has 1 aromatic heterocycles. The molecule has 2 atom stereocenters. The molecule has 11 heteroatoms. The van der Waals surface area contributed by atoms with Crippen molar-refractivity contribution >= 4 is 11.8 Å². The van der Waals surface area contributed by atoms with E-state index in [4.69, 9.17) is 4.74 Å². The Hall–Kier alpha value is -2.27. The quantitative estimate of drug-likeness (QED) is 0.541. The zero-order valence-electron chi connectivity index (χ0n) is 17.0. The molecule has 31 heavy (non-hydrogen) atoms. The molecular formula is C20H18F2N3NaO5. The molecule has 8 nitrogen and oxygen atoms in total. The predicted molar refractivity (Wildman–Crippen MR) is 97.7 cm³/mol. The number of ether oxygens (including phenoxy) is 1. The van der Waals surface area contributed by atoms with Crippen molar-refractivity contribution in [2.24, 2.45) is 0 Å². The van der Waals surface area contributed by atoms with Crippen LogP contribution in [-0.2, 0) is 17.8 Å². The van der Waals surface area contributed by atoms with Crippen molar-refractivity contribution in [3.05, 3.63) is 63.1 Å². The standard InChI is InChI=1S/C20H19F2N3O5.Na/c1-10-4-5-30-15-9-24-8-13(17(26)18(27)16(24)20(29)25(10)15)19(28)23-7-11-2-3-12(21)6-14(11)22;/h2-3,6,8,10,15,27H,4-5,7,9H2,1H3,(H,23,28);/q;+1/p-1/t10-,15+;/m0./s1. The number of halogens is 2. The predicted octanol–water partition coefficient (Wildman–Crippen LogP) is -2.28. The Balaban J connectivity index is 0.00000272. The van der Waals surface area contributed by atoms with Crippen molar-refractivity contribution in [2.75, 3.05) is 6.61 Å². The van der Waals surface area contributed by atoms with Gasteiger partial charge < -0.3 is 24.6 Å². The summed E-state index contributed by atoms with van der Waals surface area (Å²) in [7, 11) is 0. The van der Waals surface area contributed by atoms with E-state index in [0.29, 0.717) is 19.1 Å². The number of carbonyl (C=O) groups is 2. The van der Waals surface area contributed by atoms with Crippen LogP contribution < -0.4 is 45.4 Å². The molecule has 0 aliphatic carbocycles. The molecular weight excluding hydrogens is 423 g/mol. The molecule has 3 heterocycles. The Labute approximate surface area is 198 Å². The number of hydrogen-bond acceptors (Lipinski definition) is 5. The van der Waals surface area contributed by atoms with Gasteiger partial charge in [-0.2, -0.15) is 0 Å². The Morgan fingerprint density at radius 1 is 1.32 bits per heavy atom. The smallest absolute Gasteiger partial charge is 0.868 e. The maximum atomic E-state index is 13.7. The summed E-state index contributed by atoms with van der Waals surface area (Å²) in [5.74, 6) is -4.19. The molecule has 0 unspecified atom stereocenters. The fraction of sp³-hybridized carbons (Fsp3) is 0.350. The van der Waals surface area contributed by atoms with Crippen LogP contribution in [-0.4, -0.2) is 40.2 Å². The van der Waals surface area contributed by atoms with Gasteiger partial charge in [-0.25, -0.2) is 8.78 Å². The summed E-state index contributed by atoms with van der Waals surface area (Å²) in [4.78, 5) is 39.2. The fourth-order valence-electron chi connectivity index (χ4n) is 3.74. The third-order valence-electron chi connectivity index (χ3n) is 5.36. The summed E-state index contributed by atoms with van der Waals surface area (Å²) >= 11 is 0. The zero-order valence-corrected chi connectivity index (χ0v) is 19.0. The van der Waals surface area contributed by atoms with E-state index < -0.39 is 46.4 Å². The molecule has 2 aliphatic rings. The summed E-state index contributed by atoms with van der Waals surface area (Å²) in [5, 5.41) is 14.9. The van der Waals surface area contributed by atoms with Crippen molar-refractivity contribution in [3.63, 3.8) is 0 Å². The number of pyridine rings is 1. The Morgan fingerprint density at radius 3 is 2.77 bits per heavy atom. The third kappa shape index (κ3) is 4.25. The van der Waals surface area contributed by atoms with Gasteiger partial charge in [0.1, 0.15) is 22.9 Å². The maximum Gasteiger partial charge on any atom is 1.00 e. The molecule has 1 fully saturated rings. The van der Waals surface area contributed by atoms with E-state index in [0.717, 1.165) is 12.3 Å². The van der Waals surface area contributed by atoms with Gasteiger partial charge in [-0.15, -0.1) is 0 Å². The Bertz CT molecular complexity index is 1110. The average Bonchev–Trinajstić information content (AvgIpc) is 2.69. The van der Waals surface area contributed by atoms with Gasteiger partial charge in [0.05, 0.1) is 13.2 Å². The topological polar surface area (TPSA) is 104 Å². The van der Waals surface area contributed by atoms with Crippen LogP contribution in [0.15, 0.2) is 29.2 Å². The van der Waals surface area contributed by atoms with Crippen LogP contribution in [0.5, 0.6) is 5.75 Å². The molecule has 0 bridgehead atoms. The van der Waals surface area contributed by atoms with E-state index in [1.807, 2.05) is 6.92 Å². The minimum atomic E-state index is -1.12. The van der Waals surface area contributed by atoms with Crippen LogP contribution in [0.2, 0.25) is 0 Å². The number of fused-ring (bicyclic) bond motifs is 2. The van der Waals surface area contributed by atoms with Crippen molar-refractivity contribution in [1.29, 1.82) is 0 Å². The Kier molecular flexibility index (Phi) is 6.85. The monoisotopic (exact) mass is 441 g/mol. The number of nitrogens with zero attached hydrogens (tertiary/aromatic N) is 2. The number of carbonyl (C=O) groups excluding carboxylic acids is 2. The molecule has 0 saturated carbocycles. The molecule has 1 N–H and O–H groups in total. The largest absolute Gasteiger partial charge is 1.00 e. The third-order valence-corrected chi connectivity index (χ3v) is 5.36. The van der Waals surface area contributed by atoms with Gasteiger partial charge in [0.25, 0.3) is 11.8 Å². The molecule has 2 amide bonds. The van der Waals surface area contributed by atoms with E-state index in [9.17, 15) is 28.3 Å². The van der Waals surface area contributed by atoms with Gasteiger partial charge in [-0.3, -0.25) is 14.4 Å². The zero-order chi connectivity index (χ0) is 21.6. The van der Waals surface area contributed by atoms with Gasteiger partial charge in [0.2, 0.25) is 0 Å². The maximum absolute atomic E-state index is 13.7. The van der Waals surface area contributed by atoms with Gasteiger partial charge in [-0.1, -0.05) is 6.07 Å². The molecule has 2 aromatic rings. The van der Waals surface area contributed by atoms with Gasteiger partial charge in [-0.05, 0) is 25.2 Å². The second-order valence-electron chi connectivity index (χ2n) is 7.30. The molecule has 1 aromatic carbocycles. The van der Waals surface area contributed by atoms with Gasteiger partial charge in [0.15, 0.2) is 11.7 Å². The molecule has 2 aliphatic heterocycles. The van der Waals surface area contributed by atoms with Crippen LogP contribution in [0.25, 0.3) is 0 Å². The number of aromatic nitrogens is 1. The molecule has 0 spiro atoms. The first-order valence-electron chi connectivity index (χ1n) is 9.38. The fourth-order valence-corrected chi connectivity index (χ4v) is 3.74. The van der Waals surface area contributed by atoms with Crippen LogP contribution in [0.4, 0.5) is 8.78 Å². The van der Waals surface area contributed by atoms with E-state index in [1.165, 1.54) is 15.5 Å². The van der Waals surface area contributed by atoms with Crippen molar-refractivity contribution in [1.82, 2.24) is 14.8 Å². The van der Waals surface area contributed by atoms with Gasteiger partial charge in [0, 0.05) is 30.4 Å². The first kappa shape index (κ1) is 23.4. The van der Waals surface area contributed by atoms with Crippen LogP contribution in [0.3, 0.4) is 0 Å². The van der Waals surface area contributed by atoms with Crippen LogP contribution in [0, 0.1) is 11.6 Å². The SMILES string of the molecule is C[C@H]1CCO[C@@H]2Cn3cc(C(=O)NCc4ccc(F)cc4F)c(=O)c([O-])c3C(=O)N12.[Na+]. The molecule has 4 rings (SSSR count). The Morgan fingerprint density at radius 2 is 2.06 bits per heavy atom. The summed E-state index contributed by atoms with van der Waals surface area (Å²) < 4.78 is 33.6. The molecule has 158 valence electrons. The minimum absolute atomic E-state index is 0. The van der Waals surface area contributed by atoms with Crippen molar-refractivity contribution in [3.8, 4) is 5.75 Å². The summed E-state index contributed by atoms with van der Waals surface area (Å²) in [6.07, 6.45) is 1.16. The van der Waals surface area contributed by atoms with Gasteiger partial charge >= 0.3 is 29.6 Å². The number of rotatable bonds is 3. The van der Waals surface area contributed by atoms with E-state index >= 15 is 0 Å². The first-order chi connectivity index (χ1) is 14.3. The molecule has 0 radical (unpaired) electrons. The normalized spacial score (nSPS) is 19.8. The number of hydrogen-bond donors (Lipinski definition) is 1. The second kappa shape index (κ2) is 9.07. The van der Waals surface area contributed by atoms with E-state index in [1.54, 1.807) is 0 Å². The minimum Gasteiger partial charge on any atom is -0.868 e. The summed E-state index contributed by atoms with van der Waals surface area (Å²) in [5.41, 5.74) is -1.87. The number of amides is 2. The van der Waals surface area contributed by atoms with Crippen LogP contribution in [0.1, 0.15) is 39.8 Å². The van der Waals surface area contributed by atoms with Crippen molar-refractivity contribution in [2.45, 2.75) is 38.7 Å². The van der Waals surface area contributed by atoms with Crippen LogP contribution >= 0.6 is 0 Å². The second-order valence-corrected chi connectivity index (χ2v) is 7.30. The summed E-state index contributed by atoms with van der Waals surface area (Å²) in [6, 6.07) is 2.73. The summed E-state index contributed by atoms with van der Waals surface area (Å²) in [6.45, 7) is 2.08. The average molecular weight is 441 g/mol. The first-order valence-corrected chi connectivity index (χ1v) is 9.38. The number of nitrogens with one attached hydrogen (secondary N) is 1. The molecule has 1 saturated heterocycles. The van der Waals surface area contributed by atoms with E-state index in [-0.39, 0.29) is 59.9 Å². The van der Waals surface area contributed by atoms with Crippen molar-refractivity contribution < 1.29 is 57.8 Å². The van der Waals surface area contributed by atoms with E-state index in [2.05, 4.69) is 5.32 Å². The number of benzene rings is 1.